The molecule has 0 aliphatic carbocycles. The van der Waals surface area contributed by atoms with Crippen LogP contribution in [0.5, 0.6) is 0 Å². The van der Waals surface area contributed by atoms with Crippen LogP contribution in [-0.4, -0.2) is 49.3 Å². The Hall–Kier alpha value is -0.270. The van der Waals surface area contributed by atoms with Gasteiger partial charge in [-0.3, -0.25) is 0 Å². The molecule has 10 heteroatoms. The predicted molar refractivity (Wildman–Crippen MR) is 133 cm³/mol. The van der Waals surface area contributed by atoms with Gasteiger partial charge >= 0.3 is 219 Å². The van der Waals surface area contributed by atoms with Gasteiger partial charge in [0.15, 0.2) is 0 Å². The van der Waals surface area contributed by atoms with Gasteiger partial charge in [-0.15, -0.1) is 0 Å². The number of hydrogen-bond acceptors (Lipinski definition) is 9. The van der Waals surface area contributed by atoms with Crippen LogP contribution in [0.25, 0.3) is 0 Å². The number of nitrogens with zero attached hydrogens (tertiary/aromatic N) is 3. The molecule has 0 amide bonds. The third-order valence-corrected chi connectivity index (χ3v) is 16.9. The van der Waals surface area contributed by atoms with Gasteiger partial charge in [-0.25, -0.2) is 0 Å². The van der Waals surface area contributed by atoms with Crippen molar-refractivity contribution in [2.75, 3.05) is 39.6 Å². The molecule has 0 heterocycles. The molecular formula is C25H49HfN3O6. The van der Waals surface area contributed by atoms with E-state index in [2.05, 4.69) is 53.7 Å². The first-order valence-corrected chi connectivity index (χ1v) is 20.7. The van der Waals surface area contributed by atoms with E-state index in [0.29, 0.717) is 43.8 Å². The molecule has 0 N–H and O–H groups in total. The van der Waals surface area contributed by atoms with Crippen LogP contribution in [0.15, 0.2) is 30.3 Å². The van der Waals surface area contributed by atoms with Crippen molar-refractivity contribution in [2.45, 2.75) is 84.2 Å². The van der Waals surface area contributed by atoms with Crippen LogP contribution in [0.2, 0.25) is 0 Å². The Bertz CT molecular complexity index is 542. The summed E-state index contributed by atoms with van der Waals surface area (Å²) in [5.41, 5.74) is 1.11. The van der Waals surface area contributed by atoms with Crippen molar-refractivity contribution < 1.29 is 49.9 Å². The molecule has 0 saturated carbocycles. The molecule has 1 aromatic rings. The minimum atomic E-state index is -4.75. The number of benzene rings is 1. The van der Waals surface area contributed by atoms with Gasteiger partial charge in [-0.1, -0.05) is 0 Å². The van der Waals surface area contributed by atoms with Crippen molar-refractivity contribution in [3.8, 4) is 0 Å². The molecule has 0 radical (unpaired) electrons. The molecule has 0 unspecified atom stereocenters. The summed E-state index contributed by atoms with van der Waals surface area (Å²) in [5.74, 6) is 0. The SMILES string of the molecule is CCCO[N](OCCC)[Hf]([CH2]c1ccccc1)([N](OCCC)OCCC)[N](OCCC)OCCC. The predicted octanol–water partition coefficient (Wildman–Crippen LogP) is 6.04. The molecule has 35 heavy (non-hydrogen) atoms. The zero-order valence-corrected chi connectivity index (χ0v) is 26.5. The van der Waals surface area contributed by atoms with Gasteiger partial charge in [-0.2, -0.15) is 0 Å². The normalized spacial score (nSPS) is 12.4. The third kappa shape index (κ3) is 11.3. The molecular weight excluding hydrogens is 617 g/mol. The molecule has 0 fully saturated rings. The van der Waals surface area contributed by atoms with Gasteiger partial charge in [-0.05, 0) is 0 Å². The standard InChI is InChI=1S/C7H7.3C6H14NO2.Hf/c1-7-5-3-2-4-6-7;3*1-3-5-8-7-9-6-4-2;/h2-6H,1H2;3*3-6H2,1-2H3;/q;3*-1;+3. The van der Waals surface area contributed by atoms with Gasteiger partial charge in [0.25, 0.3) is 0 Å². The molecule has 0 spiro atoms. The average Bonchev–Trinajstić information content (AvgIpc) is 2.88. The van der Waals surface area contributed by atoms with E-state index in [-0.39, 0.29) is 0 Å². The molecule has 0 saturated heterocycles. The molecule has 1 rings (SSSR count). The summed E-state index contributed by atoms with van der Waals surface area (Å²) >= 11 is -4.75. The van der Waals surface area contributed by atoms with E-state index in [1.807, 2.05) is 18.2 Å². The maximum atomic E-state index is 6.32. The van der Waals surface area contributed by atoms with Crippen LogP contribution in [0.4, 0.5) is 0 Å². The molecule has 204 valence electrons. The summed E-state index contributed by atoms with van der Waals surface area (Å²) in [6.45, 7) is 15.4. The molecule has 1 aromatic carbocycles. The molecule has 0 bridgehead atoms. The van der Waals surface area contributed by atoms with E-state index in [0.717, 1.165) is 44.1 Å². The first kappa shape index (κ1) is 32.8. The number of hydrogen-bond donors (Lipinski definition) is 0. The molecule has 0 aromatic heterocycles. The Morgan fingerprint density at radius 2 is 0.771 bits per heavy atom. The van der Waals surface area contributed by atoms with Crippen LogP contribution < -0.4 is 0 Å². The Kier molecular flexibility index (Phi) is 19.4. The second-order valence-corrected chi connectivity index (χ2v) is 19.0. The Balaban J connectivity index is 3.75. The van der Waals surface area contributed by atoms with E-state index < -0.39 is 20.8 Å². The van der Waals surface area contributed by atoms with E-state index in [1.54, 1.807) is 9.64 Å². The van der Waals surface area contributed by atoms with E-state index in [4.69, 9.17) is 29.0 Å². The average molecular weight is 666 g/mol. The summed E-state index contributed by atoms with van der Waals surface area (Å²) in [6, 6.07) is 10.3. The molecule has 0 aliphatic heterocycles. The fourth-order valence-electron chi connectivity index (χ4n) is 3.04. The zero-order chi connectivity index (χ0) is 25.8. The van der Waals surface area contributed by atoms with Crippen LogP contribution in [-0.2, 0) is 54.0 Å². The zero-order valence-electron chi connectivity index (χ0n) is 22.9. The second-order valence-electron chi connectivity index (χ2n) is 8.21. The fraction of sp³-hybridized carbons (Fsp3) is 0.760. The summed E-state index contributed by atoms with van der Waals surface area (Å²) in [5, 5.41) is 0. The summed E-state index contributed by atoms with van der Waals surface area (Å²) < 4.78 is 5.58. The van der Waals surface area contributed by atoms with E-state index in [9.17, 15) is 0 Å². The van der Waals surface area contributed by atoms with Gasteiger partial charge in [0.05, 0.1) is 0 Å². The van der Waals surface area contributed by atoms with Crippen molar-refractivity contribution in [1.29, 1.82) is 0 Å². The Morgan fingerprint density at radius 1 is 0.486 bits per heavy atom. The summed E-state index contributed by atoms with van der Waals surface area (Å²) in [7, 11) is 0. The van der Waals surface area contributed by atoms with Crippen molar-refractivity contribution in [1.82, 2.24) is 9.64 Å². The topological polar surface area (TPSA) is 65.1 Å². The van der Waals surface area contributed by atoms with Crippen LogP contribution in [0.3, 0.4) is 0 Å². The van der Waals surface area contributed by atoms with Crippen molar-refractivity contribution in [2.24, 2.45) is 0 Å². The van der Waals surface area contributed by atoms with Gasteiger partial charge in [0, 0.05) is 0 Å². The number of rotatable bonds is 23. The third-order valence-electron chi connectivity index (χ3n) is 4.64. The fourth-order valence-corrected chi connectivity index (χ4v) is 15.1. The minimum absolute atomic E-state index is 0.491. The molecule has 0 aliphatic rings. The summed E-state index contributed by atoms with van der Waals surface area (Å²) in [6.07, 6.45) is 4.99. The monoisotopic (exact) mass is 667 g/mol. The van der Waals surface area contributed by atoms with E-state index >= 15 is 0 Å². The van der Waals surface area contributed by atoms with Crippen LogP contribution >= 0.6 is 0 Å². The van der Waals surface area contributed by atoms with Gasteiger partial charge in [0.1, 0.15) is 0 Å². The van der Waals surface area contributed by atoms with Crippen LogP contribution in [0.1, 0.15) is 85.6 Å². The first-order valence-electron chi connectivity index (χ1n) is 13.4. The van der Waals surface area contributed by atoms with Crippen molar-refractivity contribution >= 4 is 0 Å². The molecule has 9 nitrogen and oxygen atoms in total. The van der Waals surface area contributed by atoms with Gasteiger partial charge in [0.2, 0.25) is 0 Å². The summed E-state index contributed by atoms with van der Waals surface area (Å²) in [4.78, 5) is 37.9. The van der Waals surface area contributed by atoms with Crippen LogP contribution in [0, 0.1) is 0 Å². The van der Waals surface area contributed by atoms with Crippen molar-refractivity contribution in [3.05, 3.63) is 35.9 Å². The maximum absolute atomic E-state index is 6.32. The molecule has 0 atom stereocenters. The Labute approximate surface area is 218 Å². The first-order chi connectivity index (χ1) is 17.1. The van der Waals surface area contributed by atoms with Gasteiger partial charge < -0.3 is 0 Å². The van der Waals surface area contributed by atoms with E-state index in [1.165, 1.54) is 0 Å². The quantitative estimate of drug-likeness (QED) is 0.103. The second kappa shape index (κ2) is 20.7. The van der Waals surface area contributed by atoms with Crippen molar-refractivity contribution in [3.63, 3.8) is 0 Å². The Morgan fingerprint density at radius 3 is 1.03 bits per heavy atom.